The SMILES string of the molecule is CCCNCc1cccc(CN2CCSC(C)(C)CC2)c1. The Morgan fingerprint density at radius 3 is 2.86 bits per heavy atom. The van der Waals surface area contributed by atoms with E-state index in [1.165, 1.54) is 42.8 Å². The summed E-state index contributed by atoms with van der Waals surface area (Å²) in [6.07, 6.45) is 2.48. The van der Waals surface area contributed by atoms with Crippen molar-refractivity contribution >= 4 is 11.8 Å². The van der Waals surface area contributed by atoms with Gasteiger partial charge in [0.2, 0.25) is 0 Å². The number of hydrogen-bond donors (Lipinski definition) is 1. The third-order valence-electron chi connectivity index (χ3n) is 4.08. The van der Waals surface area contributed by atoms with Crippen molar-refractivity contribution in [3.05, 3.63) is 35.4 Å². The van der Waals surface area contributed by atoms with Crippen LogP contribution in [0.4, 0.5) is 0 Å². The van der Waals surface area contributed by atoms with Crippen LogP contribution in [0.1, 0.15) is 44.7 Å². The normalized spacial score (nSPS) is 19.4. The number of nitrogens with zero attached hydrogens (tertiary/aromatic N) is 1. The molecule has 118 valence electrons. The molecule has 1 N–H and O–H groups in total. The van der Waals surface area contributed by atoms with Crippen LogP contribution in [0.3, 0.4) is 0 Å². The summed E-state index contributed by atoms with van der Waals surface area (Å²) >= 11 is 2.12. The van der Waals surface area contributed by atoms with Crippen molar-refractivity contribution in [1.29, 1.82) is 0 Å². The van der Waals surface area contributed by atoms with E-state index in [2.05, 4.69) is 67.0 Å². The molecule has 0 unspecified atom stereocenters. The number of nitrogens with one attached hydrogen (secondary N) is 1. The molecule has 0 bridgehead atoms. The molecule has 2 nitrogen and oxygen atoms in total. The van der Waals surface area contributed by atoms with Crippen LogP contribution in [0.5, 0.6) is 0 Å². The Balaban J connectivity index is 1.88. The minimum atomic E-state index is 0.445. The van der Waals surface area contributed by atoms with Crippen molar-refractivity contribution in [2.24, 2.45) is 0 Å². The van der Waals surface area contributed by atoms with Crippen LogP contribution >= 0.6 is 11.8 Å². The second-order valence-corrected chi connectivity index (χ2v) is 8.43. The fraction of sp³-hybridized carbons (Fsp3) is 0.667. The smallest absolute Gasteiger partial charge is 0.0234 e. The van der Waals surface area contributed by atoms with Gasteiger partial charge in [0.15, 0.2) is 0 Å². The lowest BCUT2D eigenvalue weighted by Crippen LogP contribution is -2.26. The molecule has 3 heteroatoms. The van der Waals surface area contributed by atoms with Crippen LogP contribution in [-0.2, 0) is 13.1 Å². The molecule has 1 aromatic carbocycles. The van der Waals surface area contributed by atoms with E-state index in [9.17, 15) is 0 Å². The minimum absolute atomic E-state index is 0.445. The van der Waals surface area contributed by atoms with Crippen LogP contribution in [0.15, 0.2) is 24.3 Å². The summed E-state index contributed by atoms with van der Waals surface area (Å²) in [5.74, 6) is 1.25. The molecule has 1 heterocycles. The first-order valence-electron chi connectivity index (χ1n) is 8.24. The predicted molar refractivity (Wildman–Crippen MR) is 94.9 cm³/mol. The van der Waals surface area contributed by atoms with E-state index in [0.717, 1.165) is 19.6 Å². The highest BCUT2D eigenvalue weighted by atomic mass is 32.2. The number of thioether (sulfide) groups is 1. The average molecular weight is 307 g/mol. The van der Waals surface area contributed by atoms with E-state index in [0.29, 0.717) is 4.75 Å². The topological polar surface area (TPSA) is 15.3 Å². The Bertz CT molecular complexity index is 431. The zero-order valence-corrected chi connectivity index (χ0v) is 14.6. The Labute approximate surface area is 134 Å². The highest BCUT2D eigenvalue weighted by Crippen LogP contribution is 2.31. The lowest BCUT2D eigenvalue weighted by Gasteiger charge is -2.22. The maximum absolute atomic E-state index is 3.49. The van der Waals surface area contributed by atoms with Crippen LogP contribution in [-0.4, -0.2) is 35.0 Å². The first-order valence-corrected chi connectivity index (χ1v) is 9.22. The molecule has 0 saturated carbocycles. The van der Waals surface area contributed by atoms with E-state index < -0.39 is 0 Å². The van der Waals surface area contributed by atoms with Crippen molar-refractivity contribution in [3.63, 3.8) is 0 Å². The molecular weight excluding hydrogens is 276 g/mol. The van der Waals surface area contributed by atoms with Crippen molar-refractivity contribution < 1.29 is 0 Å². The van der Waals surface area contributed by atoms with Gasteiger partial charge in [-0.1, -0.05) is 45.0 Å². The minimum Gasteiger partial charge on any atom is -0.313 e. The van der Waals surface area contributed by atoms with Gasteiger partial charge in [-0.3, -0.25) is 4.90 Å². The molecule has 1 aliphatic rings. The first kappa shape index (κ1) is 16.9. The van der Waals surface area contributed by atoms with E-state index in [-0.39, 0.29) is 0 Å². The Hall–Kier alpha value is -0.510. The molecule has 0 radical (unpaired) electrons. The van der Waals surface area contributed by atoms with E-state index in [4.69, 9.17) is 0 Å². The molecule has 0 aliphatic carbocycles. The molecule has 1 fully saturated rings. The lowest BCUT2D eigenvalue weighted by atomic mass is 10.1. The van der Waals surface area contributed by atoms with Gasteiger partial charge in [-0.2, -0.15) is 11.8 Å². The summed E-state index contributed by atoms with van der Waals surface area (Å²) in [7, 11) is 0. The molecular formula is C18H30N2S. The van der Waals surface area contributed by atoms with Crippen LogP contribution in [0.2, 0.25) is 0 Å². The lowest BCUT2D eigenvalue weighted by molar-refractivity contribution is 0.276. The van der Waals surface area contributed by atoms with E-state index in [1.54, 1.807) is 0 Å². The van der Waals surface area contributed by atoms with Crippen molar-refractivity contribution in [1.82, 2.24) is 10.2 Å². The van der Waals surface area contributed by atoms with Crippen LogP contribution in [0.25, 0.3) is 0 Å². The molecule has 0 atom stereocenters. The summed E-state index contributed by atoms with van der Waals surface area (Å²) < 4.78 is 0.445. The largest absolute Gasteiger partial charge is 0.313 e. The van der Waals surface area contributed by atoms with Gasteiger partial charge >= 0.3 is 0 Å². The fourth-order valence-corrected chi connectivity index (χ4v) is 3.86. The number of rotatable bonds is 6. The summed E-state index contributed by atoms with van der Waals surface area (Å²) in [4.78, 5) is 2.61. The van der Waals surface area contributed by atoms with Gasteiger partial charge in [0.1, 0.15) is 0 Å². The number of benzene rings is 1. The second kappa shape index (κ2) is 8.21. The average Bonchev–Trinajstić information content (AvgIpc) is 2.61. The maximum Gasteiger partial charge on any atom is 0.0234 e. The molecule has 1 aromatic rings. The zero-order valence-electron chi connectivity index (χ0n) is 13.8. The summed E-state index contributed by atoms with van der Waals surface area (Å²) in [6, 6.07) is 9.07. The molecule has 0 aromatic heterocycles. The van der Waals surface area contributed by atoms with Gasteiger partial charge in [-0.15, -0.1) is 0 Å². The Morgan fingerprint density at radius 2 is 2.05 bits per heavy atom. The zero-order chi connectivity index (χ0) is 15.1. The molecule has 1 saturated heterocycles. The van der Waals surface area contributed by atoms with Gasteiger partial charge in [-0.05, 0) is 37.1 Å². The van der Waals surface area contributed by atoms with Gasteiger partial charge in [0, 0.05) is 30.1 Å². The van der Waals surface area contributed by atoms with Crippen molar-refractivity contribution in [3.8, 4) is 0 Å². The summed E-state index contributed by atoms with van der Waals surface area (Å²) in [5, 5.41) is 3.49. The second-order valence-electron chi connectivity index (χ2n) is 6.63. The molecule has 0 amide bonds. The molecule has 1 aliphatic heterocycles. The Morgan fingerprint density at radius 1 is 1.24 bits per heavy atom. The van der Waals surface area contributed by atoms with Gasteiger partial charge in [0.25, 0.3) is 0 Å². The standard InChI is InChI=1S/C18H30N2S/c1-4-9-19-14-16-6-5-7-17(13-16)15-20-10-8-18(2,3)21-12-11-20/h5-7,13,19H,4,8-12,14-15H2,1-3H3. The van der Waals surface area contributed by atoms with E-state index >= 15 is 0 Å². The van der Waals surface area contributed by atoms with Crippen LogP contribution in [0, 0.1) is 0 Å². The molecule has 0 spiro atoms. The molecule has 2 rings (SSSR count). The summed E-state index contributed by atoms with van der Waals surface area (Å²) in [6.45, 7) is 12.6. The monoisotopic (exact) mass is 306 g/mol. The third-order valence-corrected chi connectivity index (χ3v) is 5.46. The van der Waals surface area contributed by atoms with Crippen molar-refractivity contribution in [2.75, 3.05) is 25.4 Å². The summed E-state index contributed by atoms with van der Waals surface area (Å²) in [5.41, 5.74) is 2.86. The third kappa shape index (κ3) is 6.01. The van der Waals surface area contributed by atoms with Gasteiger partial charge < -0.3 is 5.32 Å². The van der Waals surface area contributed by atoms with Gasteiger partial charge in [0.05, 0.1) is 0 Å². The maximum atomic E-state index is 3.49. The predicted octanol–water partition coefficient (Wildman–Crippen LogP) is 3.90. The van der Waals surface area contributed by atoms with Crippen molar-refractivity contribution in [2.45, 2.75) is 51.4 Å². The highest BCUT2D eigenvalue weighted by molar-refractivity contribution is 8.00. The Kier molecular flexibility index (Phi) is 6.59. The quantitative estimate of drug-likeness (QED) is 0.802. The number of hydrogen-bond acceptors (Lipinski definition) is 3. The molecule has 21 heavy (non-hydrogen) atoms. The fourth-order valence-electron chi connectivity index (χ4n) is 2.73. The highest BCUT2D eigenvalue weighted by Gasteiger charge is 2.23. The first-order chi connectivity index (χ1) is 10.1. The van der Waals surface area contributed by atoms with E-state index in [1.807, 2.05) is 0 Å². The van der Waals surface area contributed by atoms with Crippen LogP contribution < -0.4 is 5.32 Å². The van der Waals surface area contributed by atoms with Gasteiger partial charge in [-0.25, -0.2) is 0 Å².